The number of carbonyl (C=O) groups is 1. The smallest absolute Gasteiger partial charge is 0.258 e. The third kappa shape index (κ3) is 4.23. The van der Waals surface area contributed by atoms with E-state index in [9.17, 15) is 9.18 Å². The van der Waals surface area contributed by atoms with Gasteiger partial charge in [-0.3, -0.25) is 4.79 Å². The van der Waals surface area contributed by atoms with Crippen LogP contribution in [0.25, 0.3) is 0 Å². The molecule has 120 valence electrons. The number of hydrogen-bond donors (Lipinski definition) is 1. The maximum absolute atomic E-state index is 13.0. The number of amides is 1. The Balaban J connectivity index is 1.59. The minimum atomic E-state index is -0.440. The van der Waals surface area contributed by atoms with Crippen LogP contribution in [0, 0.1) is 11.7 Å². The number of rotatable bonds is 6. The van der Waals surface area contributed by atoms with E-state index in [1.807, 2.05) is 30.3 Å². The van der Waals surface area contributed by atoms with Gasteiger partial charge in [-0.25, -0.2) is 4.39 Å². The number of hydrogen-bond acceptors (Lipinski definition) is 2. The quantitative estimate of drug-likeness (QED) is 0.863. The van der Waals surface area contributed by atoms with E-state index in [1.54, 1.807) is 0 Å². The van der Waals surface area contributed by atoms with E-state index in [1.165, 1.54) is 12.1 Å². The summed E-state index contributed by atoms with van der Waals surface area (Å²) >= 11 is 5.88. The first kappa shape index (κ1) is 15.8. The standard InChI is InChI=1S/C18H17ClFNO2/c19-15-10-14(20)8-9-16(15)23-11-17(22)21-18(13-6-7-13)12-4-2-1-3-5-12/h1-5,8-10,13,18H,6-7,11H2,(H,21,22)/t18-/m1/s1. The van der Waals surface area contributed by atoms with Crippen LogP contribution in [-0.2, 0) is 4.79 Å². The van der Waals surface area contributed by atoms with Gasteiger partial charge in [0.2, 0.25) is 0 Å². The second-order valence-electron chi connectivity index (χ2n) is 5.66. The minimum absolute atomic E-state index is 0.0102. The number of benzene rings is 2. The highest BCUT2D eigenvalue weighted by Crippen LogP contribution is 2.40. The summed E-state index contributed by atoms with van der Waals surface area (Å²) in [5, 5.41) is 3.17. The highest BCUT2D eigenvalue weighted by molar-refractivity contribution is 6.32. The van der Waals surface area contributed by atoms with E-state index in [0.29, 0.717) is 11.7 Å². The normalized spacial score (nSPS) is 15.0. The second kappa shape index (κ2) is 7.01. The molecule has 1 N–H and O–H groups in total. The second-order valence-corrected chi connectivity index (χ2v) is 6.06. The molecule has 0 unspecified atom stereocenters. The Hall–Kier alpha value is -2.07. The van der Waals surface area contributed by atoms with E-state index in [-0.39, 0.29) is 23.6 Å². The van der Waals surface area contributed by atoms with Crippen LogP contribution < -0.4 is 10.1 Å². The van der Waals surface area contributed by atoms with Gasteiger partial charge in [-0.05, 0) is 42.5 Å². The molecule has 0 saturated heterocycles. The highest BCUT2D eigenvalue weighted by Gasteiger charge is 2.33. The van der Waals surface area contributed by atoms with Crippen LogP contribution in [0.2, 0.25) is 5.02 Å². The fraction of sp³-hybridized carbons (Fsp3) is 0.278. The summed E-state index contributed by atoms with van der Waals surface area (Å²) in [5.41, 5.74) is 1.10. The molecule has 3 nitrogen and oxygen atoms in total. The molecule has 0 heterocycles. The lowest BCUT2D eigenvalue weighted by molar-refractivity contribution is -0.124. The van der Waals surface area contributed by atoms with Gasteiger partial charge in [-0.2, -0.15) is 0 Å². The molecule has 2 aromatic carbocycles. The zero-order valence-corrected chi connectivity index (χ0v) is 13.2. The summed E-state index contributed by atoms with van der Waals surface area (Å²) in [6.45, 7) is -0.151. The van der Waals surface area contributed by atoms with Gasteiger partial charge < -0.3 is 10.1 Å². The molecule has 1 atom stereocenters. The number of halogens is 2. The predicted molar refractivity (Wildman–Crippen MR) is 87.0 cm³/mol. The van der Waals surface area contributed by atoms with E-state index >= 15 is 0 Å². The van der Waals surface area contributed by atoms with Crippen LogP contribution in [0.4, 0.5) is 4.39 Å². The van der Waals surface area contributed by atoms with Gasteiger partial charge in [-0.1, -0.05) is 41.9 Å². The van der Waals surface area contributed by atoms with Crippen LogP contribution in [0.5, 0.6) is 5.75 Å². The summed E-state index contributed by atoms with van der Waals surface area (Å²) in [4.78, 5) is 12.2. The lowest BCUT2D eigenvalue weighted by Gasteiger charge is -2.19. The molecule has 3 rings (SSSR count). The lowest BCUT2D eigenvalue weighted by Crippen LogP contribution is -2.33. The first-order valence-electron chi connectivity index (χ1n) is 7.55. The van der Waals surface area contributed by atoms with E-state index in [0.717, 1.165) is 24.5 Å². The largest absolute Gasteiger partial charge is 0.482 e. The van der Waals surface area contributed by atoms with Gasteiger partial charge in [0.05, 0.1) is 11.1 Å². The number of nitrogens with one attached hydrogen (secondary N) is 1. The predicted octanol–water partition coefficient (Wildman–Crippen LogP) is 4.13. The summed E-state index contributed by atoms with van der Waals surface area (Å²) in [6, 6.07) is 13.7. The van der Waals surface area contributed by atoms with Crippen molar-refractivity contribution in [1.82, 2.24) is 5.32 Å². The van der Waals surface area contributed by atoms with Crippen molar-refractivity contribution in [2.45, 2.75) is 18.9 Å². The molecule has 1 aliphatic carbocycles. The Labute approximate surface area is 139 Å². The Kier molecular flexibility index (Phi) is 4.82. The molecule has 0 spiro atoms. The van der Waals surface area contributed by atoms with Crippen molar-refractivity contribution in [3.8, 4) is 5.75 Å². The Bertz CT molecular complexity index is 689. The maximum Gasteiger partial charge on any atom is 0.258 e. The summed E-state index contributed by atoms with van der Waals surface area (Å²) in [6.07, 6.45) is 2.23. The maximum atomic E-state index is 13.0. The molecule has 1 fully saturated rings. The molecule has 5 heteroatoms. The molecule has 1 saturated carbocycles. The zero-order valence-electron chi connectivity index (χ0n) is 12.5. The van der Waals surface area contributed by atoms with Crippen molar-refractivity contribution >= 4 is 17.5 Å². The minimum Gasteiger partial charge on any atom is -0.482 e. The first-order chi connectivity index (χ1) is 11.1. The lowest BCUT2D eigenvalue weighted by atomic mass is 10.0. The summed E-state index contributed by atoms with van der Waals surface area (Å²) in [5.74, 6) is 0.123. The van der Waals surface area contributed by atoms with Crippen LogP contribution in [-0.4, -0.2) is 12.5 Å². The topological polar surface area (TPSA) is 38.3 Å². The average molecular weight is 334 g/mol. The molecule has 23 heavy (non-hydrogen) atoms. The van der Waals surface area contributed by atoms with Crippen molar-refractivity contribution in [3.05, 3.63) is 64.9 Å². The number of ether oxygens (including phenoxy) is 1. The highest BCUT2D eigenvalue weighted by atomic mass is 35.5. The van der Waals surface area contributed by atoms with Gasteiger partial charge in [0.15, 0.2) is 6.61 Å². The molecular formula is C18H17ClFNO2. The summed E-state index contributed by atoms with van der Waals surface area (Å²) in [7, 11) is 0. The average Bonchev–Trinajstić information content (AvgIpc) is 3.37. The molecule has 2 aromatic rings. The molecule has 0 radical (unpaired) electrons. The fourth-order valence-corrected chi connectivity index (χ4v) is 2.74. The van der Waals surface area contributed by atoms with E-state index in [4.69, 9.17) is 16.3 Å². The van der Waals surface area contributed by atoms with Crippen molar-refractivity contribution in [2.24, 2.45) is 5.92 Å². The Morgan fingerprint density at radius 1 is 1.26 bits per heavy atom. The molecule has 0 aliphatic heterocycles. The van der Waals surface area contributed by atoms with E-state index in [2.05, 4.69) is 5.32 Å². The van der Waals surface area contributed by atoms with Gasteiger partial charge in [0.1, 0.15) is 11.6 Å². The Morgan fingerprint density at radius 2 is 2.00 bits per heavy atom. The molecular weight excluding hydrogens is 317 g/mol. The number of carbonyl (C=O) groups excluding carboxylic acids is 1. The molecule has 1 amide bonds. The van der Waals surface area contributed by atoms with Crippen molar-refractivity contribution in [1.29, 1.82) is 0 Å². The first-order valence-corrected chi connectivity index (χ1v) is 7.93. The van der Waals surface area contributed by atoms with Crippen LogP contribution in [0.3, 0.4) is 0 Å². The van der Waals surface area contributed by atoms with Crippen LogP contribution in [0.15, 0.2) is 48.5 Å². The third-order valence-corrected chi connectivity index (χ3v) is 4.12. The SMILES string of the molecule is O=C(COc1ccc(F)cc1Cl)N[C@H](c1ccccc1)C1CC1. The van der Waals surface area contributed by atoms with E-state index < -0.39 is 5.82 Å². The van der Waals surface area contributed by atoms with Crippen molar-refractivity contribution in [3.63, 3.8) is 0 Å². The van der Waals surface area contributed by atoms with Gasteiger partial charge >= 0.3 is 0 Å². The van der Waals surface area contributed by atoms with Gasteiger partial charge in [-0.15, -0.1) is 0 Å². The molecule has 1 aliphatic rings. The van der Waals surface area contributed by atoms with Gasteiger partial charge in [0.25, 0.3) is 5.91 Å². The summed E-state index contributed by atoms with van der Waals surface area (Å²) < 4.78 is 18.4. The van der Waals surface area contributed by atoms with Gasteiger partial charge in [0, 0.05) is 0 Å². The fourth-order valence-electron chi connectivity index (χ4n) is 2.51. The monoisotopic (exact) mass is 333 g/mol. The van der Waals surface area contributed by atoms with Crippen LogP contribution in [0.1, 0.15) is 24.4 Å². The van der Waals surface area contributed by atoms with Crippen molar-refractivity contribution in [2.75, 3.05) is 6.61 Å². The third-order valence-electron chi connectivity index (χ3n) is 3.82. The Morgan fingerprint density at radius 3 is 2.65 bits per heavy atom. The molecule has 0 aromatic heterocycles. The zero-order chi connectivity index (χ0) is 16.2. The molecule has 0 bridgehead atoms. The van der Waals surface area contributed by atoms with Crippen molar-refractivity contribution < 1.29 is 13.9 Å². The van der Waals surface area contributed by atoms with Crippen LogP contribution >= 0.6 is 11.6 Å².